The molecule has 0 spiro atoms. The van der Waals surface area contributed by atoms with Crippen LogP contribution in [-0.2, 0) is 9.53 Å². The molecule has 0 radical (unpaired) electrons. The molecule has 1 aromatic rings. The molecule has 4 nitrogen and oxygen atoms in total. The van der Waals surface area contributed by atoms with Crippen molar-refractivity contribution in [2.45, 2.75) is 26.0 Å². The molecule has 2 atom stereocenters. The van der Waals surface area contributed by atoms with Gasteiger partial charge in [-0.15, -0.1) is 0 Å². The fourth-order valence-electron chi connectivity index (χ4n) is 1.50. The first-order chi connectivity index (χ1) is 8.19. The van der Waals surface area contributed by atoms with Crippen molar-refractivity contribution in [2.75, 3.05) is 13.2 Å². The van der Waals surface area contributed by atoms with E-state index in [4.69, 9.17) is 10.5 Å². The third kappa shape index (κ3) is 4.17. The molecule has 0 aliphatic heterocycles. The number of amides is 1. The van der Waals surface area contributed by atoms with Crippen molar-refractivity contribution in [3.8, 4) is 0 Å². The lowest BCUT2D eigenvalue weighted by atomic mass is 10.1. The highest BCUT2D eigenvalue weighted by atomic mass is 16.5. The lowest BCUT2D eigenvalue weighted by Gasteiger charge is -2.19. The zero-order valence-electron chi connectivity index (χ0n) is 10.3. The Bertz CT molecular complexity index is 341. The van der Waals surface area contributed by atoms with Crippen LogP contribution in [0.1, 0.15) is 25.5 Å². The zero-order chi connectivity index (χ0) is 12.7. The summed E-state index contributed by atoms with van der Waals surface area (Å²) >= 11 is 0. The van der Waals surface area contributed by atoms with Crippen LogP contribution in [0.2, 0.25) is 0 Å². The Kier molecular flexibility index (Phi) is 5.66. The molecule has 1 unspecified atom stereocenters. The molecule has 0 saturated heterocycles. The van der Waals surface area contributed by atoms with Gasteiger partial charge in [-0.05, 0) is 19.4 Å². The molecule has 1 aromatic carbocycles. The molecule has 0 saturated carbocycles. The highest BCUT2D eigenvalue weighted by Gasteiger charge is 2.21. The Hall–Kier alpha value is -1.39. The summed E-state index contributed by atoms with van der Waals surface area (Å²) in [5, 5.41) is 2.82. The van der Waals surface area contributed by atoms with Crippen LogP contribution in [0.25, 0.3) is 0 Å². The fourth-order valence-corrected chi connectivity index (χ4v) is 1.50. The van der Waals surface area contributed by atoms with E-state index in [0.29, 0.717) is 13.2 Å². The number of carbonyl (C=O) groups excluding carboxylic acids is 1. The van der Waals surface area contributed by atoms with E-state index in [2.05, 4.69) is 5.32 Å². The number of rotatable bonds is 6. The van der Waals surface area contributed by atoms with Gasteiger partial charge in [0.05, 0.1) is 0 Å². The summed E-state index contributed by atoms with van der Waals surface area (Å²) in [6, 6.07) is 9.41. The van der Waals surface area contributed by atoms with Crippen LogP contribution in [0.15, 0.2) is 30.3 Å². The molecule has 0 aliphatic carbocycles. The van der Waals surface area contributed by atoms with Crippen LogP contribution < -0.4 is 11.1 Å². The molecule has 1 amide bonds. The molecule has 0 bridgehead atoms. The molecular formula is C13H20N2O2. The Morgan fingerprint density at radius 2 is 2.06 bits per heavy atom. The molecule has 3 N–H and O–H groups in total. The molecule has 0 fully saturated rings. The first-order valence-corrected chi connectivity index (χ1v) is 5.86. The minimum absolute atomic E-state index is 0.0471. The standard InChI is InChI=1S/C13H20N2O2/c1-3-17-12(11-7-5-4-6-8-11)13(16)15-10(2)9-14/h4-8,10,12H,3,9,14H2,1-2H3,(H,15,16)/t10-,12?/m0/s1. The fraction of sp³-hybridized carbons (Fsp3) is 0.462. The maximum Gasteiger partial charge on any atom is 0.254 e. The van der Waals surface area contributed by atoms with E-state index >= 15 is 0 Å². The topological polar surface area (TPSA) is 64.3 Å². The Morgan fingerprint density at radius 3 is 2.59 bits per heavy atom. The molecule has 0 heterocycles. The number of carbonyl (C=O) groups is 1. The van der Waals surface area contributed by atoms with Crippen molar-refractivity contribution in [1.82, 2.24) is 5.32 Å². The van der Waals surface area contributed by atoms with E-state index in [0.717, 1.165) is 5.56 Å². The summed E-state index contributed by atoms with van der Waals surface area (Å²) in [7, 11) is 0. The molecule has 94 valence electrons. The van der Waals surface area contributed by atoms with Gasteiger partial charge in [-0.25, -0.2) is 0 Å². The van der Waals surface area contributed by atoms with Gasteiger partial charge in [0.1, 0.15) is 0 Å². The van der Waals surface area contributed by atoms with Crippen LogP contribution >= 0.6 is 0 Å². The Labute approximate surface area is 102 Å². The number of nitrogens with one attached hydrogen (secondary N) is 1. The Balaban J connectivity index is 2.75. The first kappa shape index (κ1) is 13.7. The Morgan fingerprint density at radius 1 is 1.41 bits per heavy atom. The van der Waals surface area contributed by atoms with Crippen LogP contribution in [0, 0.1) is 0 Å². The van der Waals surface area contributed by atoms with Crippen molar-refractivity contribution in [1.29, 1.82) is 0 Å². The molecule has 4 heteroatoms. The molecule has 1 rings (SSSR count). The smallest absolute Gasteiger partial charge is 0.254 e. The third-order valence-corrected chi connectivity index (χ3v) is 2.42. The van der Waals surface area contributed by atoms with E-state index in [1.807, 2.05) is 44.2 Å². The van der Waals surface area contributed by atoms with Crippen LogP contribution in [-0.4, -0.2) is 25.1 Å². The average Bonchev–Trinajstić information content (AvgIpc) is 2.36. The van der Waals surface area contributed by atoms with Gasteiger partial charge in [-0.3, -0.25) is 4.79 Å². The highest BCUT2D eigenvalue weighted by Crippen LogP contribution is 2.17. The van der Waals surface area contributed by atoms with Gasteiger partial charge < -0.3 is 15.8 Å². The minimum atomic E-state index is -0.560. The van der Waals surface area contributed by atoms with Gasteiger partial charge >= 0.3 is 0 Å². The van der Waals surface area contributed by atoms with Gasteiger partial charge in [0.25, 0.3) is 5.91 Å². The number of hydrogen-bond donors (Lipinski definition) is 2. The van der Waals surface area contributed by atoms with E-state index in [9.17, 15) is 4.79 Å². The van der Waals surface area contributed by atoms with Crippen LogP contribution in [0.5, 0.6) is 0 Å². The largest absolute Gasteiger partial charge is 0.364 e. The van der Waals surface area contributed by atoms with Gasteiger partial charge in [0, 0.05) is 19.2 Å². The van der Waals surface area contributed by atoms with E-state index in [1.165, 1.54) is 0 Å². The molecule has 17 heavy (non-hydrogen) atoms. The monoisotopic (exact) mass is 236 g/mol. The summed E-state index contributed by atoms with van der Waals surface area (Å²) < 4.78 is 5.48. The number of benzene rings is 1. The van der Waals surface area contributed by atoms with Crippen molar-refractivity contribution in [2.24, 2.45) is 5.73 Å². The normalized spacial score (nSPS) is 14.1. The quantitative estimate of drug-likeness (QED) is 0.780. The summed E-state index contributed by atoms with van der Waals surface area (Å²) in [5.74, 6) is -0.143. The molecule has 0 aromatic heterocycles. The SMILES string of the molecule is CCOC(C(=O)N[C@@H](C)CN)c1ccccc1. The van der Waals surface area contributed by atoms with Gasteiger partial charge in [-0.2, -0.15) is 0 Å². The number of hydrogen-bond acceptors (Lipinski definition) is 3. The molecule has 0 aliphatic rings. The summed E-state index contributed by atoms with van der Waals surface area (Å²) in [5.41, 5.74) is 6.34. The summed E-state index contributed by atoms with van der Waals surface area (Å²) in [6.07, 6.45) is -0.560. The number of ether oxygens (including phenoxy) is 1. The van der Waals surface area contributed by atoms with Crippen LogP contribution in [0.3, 0.4) is 0 Å². The second-order valence-electron chi connectivity index (χ2n) is 3.89. The van der Waals surface area contributed by atoms with E-state index in [1.54, 1.807) is 0 Å². The predicted octanol–water partition coefficient (Wildman–Crippen LogP) is 1.23. The average molecular weight is 236 g/mol. The van der Waals surface area contributed by atoms with Gasteiger partial charge in [0.2, 0.25) is 0 Å². The van der Waals surface area contributed by atoms with E-state index < -0.39 is 6.10 Å². The summed E-state index contributed by atoms with van der Waals surface area (Å²) in [6.45, 7) is 4.64. The van der Waals surface area contributed by atoms with Crippen molar-refractivity contribution >= 4 is 5.91 Å². The maximum absolute atomic E-state index is 12.0. The summed E-state index contributed by atoms with van der Waals surface area (Å²) in [4.78, 5) is 12.0. The first-order valence-electron chi connectivity index (χ1n) is 5.86. The highest BCUT2D eigenvalue weighted by molar-refractivity contribution is 5.82. The van der Waals surface area contributed by atoms with Crippen molar-refractivity contribution < 1.29 is 9.53 Å². The van der Waals surface area contributed by atoms with Gasteiger partial charge in [-0.1, -0.05) is 30.3 Å². The van der Waals surface area contributed by atoms with Crippen LogP contribution in [0.4, 0.5) is 0 Å². The molecular weight excluding hydrogens is 216 g/mol. The second-order valence-corrected chi connectivity index (χ2v) is 3.89. The lowest BCUT2D eigenvalue weighted by molar-refractivity contribution is -0.133. The third-order valence-electron chi connectivity index (χ3n) is 2.42. The van der Waals surface area contributed by atoms with Crippen molar-refractivity contribution in [3.63, 3.8) is 0 Å². The number of nitrogens with two attached hydrogens (primary N) is 1. The lowest BCUT2D eigenvalue weighted by Crippen LogP contribution is -2.41. The van der Waals surface area contributed by atoms with E-state index in [-0.39, 0.29) is 11.9 Å². The minimum Gasteiger partial charge on any atom is -0.364 e. The zero-order valence-corrected chi connectivity index (χ0v) is 10.3. The van der Waals surface area contributed by atoms with Crippen molar-refractivity contribution in [3.05, 3.63) is 35.9 Å². The van der Waals surface area contributed by atoms with Gasteiger partial charge in [0.15, 0.2) is 6.10 Å². The second kappa shape index (κ2) is 7.04. The predicted molar refractivity (Wildman–Crippen MR) is 67.5 cm³/mol. The maximum atomic E-state index is 12.0.